The van der Waals surface area contributed by atoms with E-state index in [0.717, 1.165) is 17.6 Å². The van der Waals surface area contributed by atoms with Crippen LogP contribution in [-0.2, 0) is 19.3 Å². The summed E-state index contributed by atoms with van der Waals surface area (Å²) in [6.07, 6.45) is 0.987. The number of rotatable bonds is 9. The predicted octanol–water partition coefficient (Wildman–Crippen LogP) is 3.85. The number of aliphatic imine (C=N–C) groups is 1. The van der Waals surface area contributed by atoms with Gasteiger partial charge in [0.05, 0.1) is 29.4 Å². The van der Waals surface area contributed by atoms with E-state index in [1.807, 2.05) is 26.0 Å². The molecule has 2 unspecified atom stereocenters. The molecule has 10 heteroatoms. The second-order valence-electron chi connectivity index (χ2n) is 8.12. The summed E-state index contributed by atoms with van der Waals surface area (Å²) in [7, 11) is -1.69. The van der Waals surface area contributed by atoms with Crippen LogP contribution in [-0.4, -0.2) is 63.0 Å². The fourth-order valence-corrected chi connectivity index (χ4v) is 4.03. The first-order valence-corrected chi connectivity index (χ1v) is 12.7. The lowest BCUT2D eigenvalue weighted by Crippen LogP contribution is -2.18. The van der Waals surface area contributed by atoms with Gasteiger partial charge in [0.1, 0.15) is 29.4 Å². The molecule has 0 saturated carbocycles. The molecule has 1 N–H and O–H groups in total. The lowest BCUT2D eigenvalue weighted by molar-refractivity contribution is 0.0889. The maximum Gasteiger partial charge on any atom is 0.233 e. The number of aromatic amines is 1. The van der Waals surface area contributed by atoms with Crippen molar-refractivity contribution in [2.24, 2.45) is 4.99 Å². The summed E-state index contributed by atoms with van der Waals surface area (Å²) in [5, 5.41) is 0. The Balaban J connectivity index is 1.64. The molecule has 180 valence electrons. The van der Waals surface area contributed by atoms with Gasteiger partial charge in [0, 0.05) is 25.5 Å². The molecule has 3 aromatic rings. The minimum Gasteiger partial charge on any atom is -0.472 e. The Bertz CT molecular complexity index is 1280. The number of methoxy groups -OCH3 is 1. The molecule has 1 aliphatic rings. The molecule has 0 amide bonds. The van der Waals surface area contributed by atoms with Crippen LogP contribution in [0.15, 0.2) is 58.4 Å². The highest BCUT2D eigenvalue weighted by Gasteiger charge is 2.19. The van der Waals surface area contributed by atoms with Gasteiger partial charge in [-0.25, -0.2) is 18.4 Å². The molecule has 34 heavy (non-hydrogen) atoms. The maximum atomic E-state index is 11.7. The van der Waals surface area contributed by atoms with Gasteiger partial charge >= 0.3 is 0 Å². The Morgan fingerprint density at radius 1 is 1.12 bits per heavy atom. The average Bonchev–Trinajstić information content (AvgIpc) is 3.43. The summed E-state index contributed by atoms with van der Waals surface area (Å²) in [5.74, 6) is 1.90. The summed E-state index contributed by atoms with van der Waals surface area (Å²) in [6, 6.07) is 13.4. The van der Waals surface area contributed by atoms with Gasteiger partial charge in [0.2, 0.25) is 11.8 Å². The summed E-state index contributed by atoms with van der Waals surface area (Å²) in [6.45, 7) is 4.87. The Hall–Kier alpha value is -3.37. The van der Waals surface area contributed by atoms with Crippen molar-refractivity contribution >= 4 is 15.7 Å². The molecule has 1 aliphatic heterocycles. The highest BCUT2D eigenvalue weighted by Crippen LogP contribution is 2.31. The van der Waals surface area contributed by atoms with E-state index in [1.165, 1.54) is 12.1 Å². The Morgan fingerprint density at radius 2 is 1.85 bits per heavy atom. The van der Waals surface area contributed by atoms with E-state index < -0.39 is 9.84 Å². The number of nitrogens with one attached hydrogen (secondary N) is 1. The highest BCUT2D eigenvalue weighted by atomic mass is 32.2. The SMILES string of the molecule is COCC(C)Oc1cc(Oc2ccc(S(C)(=O)=O)cc2)cc(-c2ccc(C3=NCC(C)O3)[nH]2)n1. The van der Waals surface area contributed by atoms with Crippen LogP contribution < -0.4 is 9.47 Å². The first-order chi connectivity index (χ1) is 16.2. The Kier molecular flexibility index (Phi) is 6.90. The van der Waals surface area contributed by atoms with Gasteiger partial charge in [-0.2, -0.15) is 0 Å². The topological polar surface area (TPSA) is 112 Å². The van der Waals surface area contributed by atoms with Gasteiger partial charge in [-0.15, -0.1) is 0 Å². The average molecular weight is 486 g/mol. The van der Waals surface area contributed by atoms with E-state index in [4.69, 9.17) is 18.9 Å². The Morgan fingerprint density at radius 3 is 2.50 bits per heavy atom. The van der Waals surface area contributed by atoms with Crippen molar-refractivity contribution in [3.8, 4) is 28.8 Å². The molecule has 0 bridgehead atoms. The molecular weight excluding hydrogens is 458 g/mol. The summed E-state index contributed by atoms with van der Waals surface area (Å²) in [4.78, 5) is 12.5. The monoisotopic (exact) mass is 485 g/mol. The van der Waals surface area contributed by atoms with Gasteiger partial charge in [-0.3, -0.25) is 0 Å². The van der Waals surface area contributed by atoms with Crippen LogP contribution in [0.1, 0.15) is 19.5 Å². The van der Waals surface area contributed by atoms with E-state index in [1.54, 1.807) is 31.4 Å². The number of benzene rings is 1. The van der Waals surface area contributed by atoms with Crippen molar-refractivity contribution in [1.29, 1.82) is 0 Å². The molecule has 0 saturated heterocycles. The molecule has 3 heterocycles. The third-order valence-corrected chi connectivity index (χ3v) is 6.11. The van der Waals surface area contributed by atoms with Gasteiger partial charge in [-0.05, 0) is 50.2 Å². The standard InChI is InChI=1S/C24H27N3O6S/c1-15-13-25-24(32-15)21-10-9-20(26-21)22-11-18(12-23(27-22)31-16(2)14-30-3)33-17-5-7-19(8-6-17)34(4,28)29/h5-12,15-16,26H,13-14H2,1-4H3. The smallest absolute Gasteiger partial charge is 0.233 e. The molecule has 2 atom stereocenters. The van der Waals surface area contributed by atoms with Crippen LogP contribution in [0.2, 0.25) is 0 Å². The molecule has 2 aromatic heterocycles. The number of hydrogen-bond acceptors (Lipinski definition) is 8. The summed E-state index contributed by atoms with van der Waals surface area (Å²) in [5.41, 5.74) is 2.10. The summed E-state index contributed by atoms with van der Waals surface area (Å²) < 4.78 is 46.3. The van der Waals surface area contributed by atoms with Crippen molar-refractivity contribution in [2.45, 2.75) is 31.0 Å². The van der Waals surface area contributed by atoms with Crippen LogP contribution >= 0.6 is 0 Å². The van der Waals surface area contributed by atoms with Crippen molar-refractivity contribution in [3.05, 3.63) is 54.2 Å². The molecular formula is C24H27N3O6S. The van der Waals surface area contributed by atoms with Crippen LogP contribution in [0.4, 0.5) is 0 Å². The maximum absolute atomic E-state index is 11.7. The molecule has 4 rings (SSSR count). The van der Waals surface area contributed by atoms with Crippen molar-refractivity contribution in [3.63, 3.8) is 0 Å². The number of sulfone groups is 1. The molecule has 0 fully saturated rings. The molecule has 0 aliphatic carbocycles. The highest BCUT2D eigenvalue weighted by molar-refractivity contribution is 7.90. The molecule has 9 nitrogen and oxygen atoms in total. The van der Waals surface area contributed by atoms with E-state index in [2.05, 4.69) is 15.0 Å². The lowest BCUT2D eigenvalue weighted by atomic mass is 10.2. The van der Waals surface area contributed by atoms with Crippen molar-refractivity contribution < 1.29 is 27.4 Å². The number of pyridine rings is 1. The normalized spacial score (nSPS) is 16.6. The minimum atomic E-state index is -3.29. The predicted molar refractivity (Wildman–Crippen MR) is 128 cm³/mol. The van der Waals surface area contributed by atoms with Gasteiger partial charge in [0.15, 0.2) is 9.84 Å². The van der Waals surface area contributed by atoms with Crippen LogP contribution in [0.5, 0.6) is 17.4 Å². The van der Waals surface area contributed by atoms with Crippen LogP contribution in [0, 0.1) is 0 Å². The number of nitrogens with zero attached hydrogens (tertiary/aromatic N) is 2. The Labute approximate surface area is 198 Å². The fourth-order valence-electron chi connectivity index (χ4n) is 3.40. The first kappa shape index (κ1) is 23.8. The van der Waals surface area contributed by atoms with Gasteiger partial charge in [0.25, 0.3) is 0 Å². The van der Waals surface area contributed by atoms with Gasteiger partial charge < -0.3 is 23.9 Å². The lowest BCUT2D eigenvalue weighted by Gasteiger charge is -2.15. The largest absolute Gasteiger partial charge is 0.472 e. The van der Waals surface area contributed by atoms with Crippen molar-refractivity contribution in [2.75, 3.05) is 26.5 Å². The van der Waals surface area contributed by atoms with Crippen LogP contribution in [0.25, 0.3) is 11.4 Å². The third-order valence-electron chi connectivity index (χ3n) is 4.98. The minimum absolute atomic E-state index is 0.0490. The van der Waals surface area contributed by atoms with E-state index in [0.29, 0.717) is 42.1 Å². The number of ether oxygens (including phenoxy) is 4. The fraction of sp³-hybridized carbons (Fsp3) is 0.333. The molecule has 1 aromatic carbocycles. The zero-order valence-corrected chi connectivity index (χ0v) is 20.3. The second kappa shape index (κ2) is 9.86. The van der Waals surface area contributed by atoms with Gasteiger partial charge in [-0.1, -0.05) is 0 Å². The second-order valence-corrected chi connectivity index (χ2v) is 10.1. The number of hydrogen-bond donors (Lipinski definition) is 1. The van der Waals surface area contributed by atoms with E-state index in [9.17, 15) is 8.42 Å². The molecule has 0 radical (unpaired) electrons. The van der Waals surface area contributed by atoms with E-state index in [-0.39, 0.29) is 17.1 Å². The van der Waals surface area contributed by atoms with E-state index >= 15 is 0 Å². The number of H-pyrrole nitrogens is 1. The zero-order chi connectivity index (χ0) is 24.3. The molecule has 0 spiro atoms. The quantitative estimate of drug-likeness (QED) is 0.490. The zero-order valence-electron chi connectivity index (χ0n) is 19.4. The van der Waals surface area contributed by atoms with Crippen LogP contribution in [0.3, 0.4) is 0 Å². The number of aromatic nitrogens is 2. The third kappa shape index (κ3) is 5.75. The summed E-state index contributed by atoms with van der Waals surface area (Å²) >= 11 is 0. The van der Waals surface area contributed by atoms with Crippen molar-refractivity contribution in [1.82, 2.24) is 9.97 Å². The first-order valence-electron chi connectivity index (χ1n) is 10.8.